The van der Waals surface area contributed by atoms with Crippen molar-refractivity contribution < 1.29 is 9.53 Å². The maximum absolute atomic E-state index is 12.7. The Labute approximate surface area is 140 Å². The highest BCUT2D eigenvalue weighted by Crippen LogP contribution is 2.21. The number of hydrogen-bond donors (Lipinski definition) is 0. The van der Waals surface area contributed by atoms with Gasteiger partial charge in [0, 0.05) is 6.54 Å². The van der Waals surface area contributed by atoms with Gasteiger partial charge in [-0.1, -0.05) is 23.7 Å². The lowest BCUT2D eigenvalue weighted by Crippen LogP contribution is -2.50. The lowest BCUT2D eigenvalue weighted by atomic mass is 10.2. The molecule has 1 aromatic carbocycles. The highest BCUT2D eigenvalue weighted by molar-refractivity contribution is 6.32. The van der Waals surface area contributed by atoms with E-state index in [4.69, 9.17) is 16.3 Å². The van der Waals surface area contributed by atoms with Gasteiger partial charge in [-0.3, -0.25) is 4.79 Å². The van der Waals surface area contributed by atoms with Crippen molar-refractivity contribution in [1.82, 2.24) is 19.7 Å². The van der Waals surface area contributed by atoms with Crippen LogP contribution in [0.5, 0.6) is 0 Å². The molecule has 122 valence electrons. The second kappa shape index (κ2) is 6.29. The van der Waals surface area contributed by atoms with Gasteiger partial charge in [-0.05, 0) is 32.9 Å². The molecule has 2 atom stereocenters. The summed E-state index contributed by atoms with van der Waals surface area (Å²) in [6.07, 6.45) is 0.0156. The Balaban J connectivity index is 1.91. The van der Waals surface area contributed by atoms with Crippen LogP contribution in [0.4, 0.5) is 0 Å². The van der Waals surface area contributed by atoms with E-state index in [-0.39, 0.29) is 23.9 Å². The average molecular weight is 335 g/mol. The number of amides is 1. The van der Waals surface area contributed by atoms with E-state index in [0.29, 0.717) is 29.7 Å². The molecule has 2 heterocycles. The summed E-state index contributed by atoms with van der Waals surface area (Å²) in [5.41, 5.74) is 0.710. The van der Waals surface area contributed by atoms with E-state index in [1.54, 1.807) is 22.6 Å². The van der Waals surface area contributed by atoms with E-state index in [1.807, 2.05) is 32.0 Å². The number of para-hydroxylation sites is 1. The Hall–Kier alpha value is -1.92. The molecule has 1 aliphatic heterocycles. The Morgan fingerprint density at radius 3 is 2.83 bits per heavy atom. The number of carbonyl (C=O) groups excluding carboxylic acids is 1. The molecule has 0 spiro atoms. The van der Waals surface area contributed by atoms with Gasteiger partial charge < -0.3 is 9.64 Å². The molecule has 1 aromatic heterocycles. The van der Waals surface area contributed by atoms with Crippen molar-refractivity contribution in [3.8, 4) is 5.69 Å². The minimum atomic E-state index is -0.179. The van der Waals surface area contributed by atoms with Crippen molar-refractivity contribution in [2.45, 2.75) is 32.9 Å². The Morgan fingerprint density at radius 2 is 2.09 bits per heavy atom. The molecule has 2 aromatic rings. The number of benzene rings is 1. The highest BCUT2D eigenvalue weighted by atomic mass is 35.5. The summed E-state index contributed by atoms with van der Waals surface area (Å²) in [7, 11) is 0. The second-order valence-electron chi connectivity index (χ2n) is 5.80. The molecular weight excluding hydrogens is 316 g/mol. The summed E-state index contributed by atoms with van der Waals surface area (Å²) in [4.78, 5) is 18.8. The molecule has 1 amide bonds. The highest BCUT2D eigenvalue weighted by Gasteiger charge is 2.30. The van der Waals surface area contributed by atoms with Crippen LogP contribution in [-0.2, 0) is 4.74 Å². The van der Waals surface area contributed by atoms with Crippen LogP contribution in [0.2, 0.25) is 5.02 Å². The van der Waals surface area contributed by atoms with Gasteiger partial charge in [-0.2, -0.15) is 0 Å². The van der Waals surface area contributed by atoms with Gasteiger partial charge in [0.25, 0.3) is 5.91 Å². The summed E-state index contributed by atoms with van der Waals surface area (Å²) in [5.74, 6) is 0.625. The summed E-state index contributed by atoms with van der Waals surface area (Å²) < 4.78 is 7.16. The zero-order chi connectivity index (χ0) is 16.6. The Morgan fingerprint density at radius 1 is 1.35 bits per heavy atom. The number of rotatable bonds is 2. The summed E-state index contributed by atoms with van der Waals surface area (Å²) in [6, 6.07) is 7.35. The van der Waals surface area contributed by atoms with Crippen LogP contribution in [0.3, 0.4) is 0 Å². The molecule has 1 aliphatic rings. The SMILES string of the molecule is Cc1nc(C(=O)N2C[C@@H](C)OC[C@H]2C)nn1-c1ccccc1Cl. The minimum absolute atomic E-state index is 0.00580. The molecule has 7 heteroatoms. The van der Waals surface area contributed by atoms with Crippen LogP contribution in [0.15, 0.2) is 24.3 Å². The second-order valence-corrected chi connectivity index (χ2v) is 6.20. The van der Waals surface area contributed by atoms with Gasteiger partial charge in [0.05, 0.1) is 29.5 Å². The predicted molar refractivity (Wildman–Crippen MR) is 87.0 cm³/mol. The molecule has 0 radical (unpaired) electrons. The molecule has 3 rings (SSSR count). The lowest BCUT2D eigenvalue weighted by molar-refractivity contribution is -0.0391. The van der Waals surface area contributed by atoms with Crippen molar-refractivity contribution in [2.24, 2.45) is 0 Å². The van der Waals surface area contributed by atoms with Gasteiger partial charge in [0.1, 0.15) is 5.82 Å². The fraction of sp³-hybridized carbons (Fsp3) is 0.438. The maximum atomic E-state index is 12.7. The molecule has 1 fully saturated rings. The largest absolute Gasteiger partial charge is 0.375 e. The zero-order valence-corrected chi connectivity index (χ0v) is 14.1. The molecule has 1 saturated heterocycles. The lowest BCUT2D eigenvalue weighted by Gasteiger charge is -2.36. The quantitative estimate of drug-likeness (QED) is 0.846. The number of hydrogen-bond acceptors (Lipinski definition) is 4. The summed E-state index contributed by atoms with van der Waals surface area (Å²) in [6.45, 7) is 6.78. The van der Waals surface area contributed by atoms with E-state index >= 15 is 0 Å². The van der Waals surface area contributed by atoms with Crippen molar-refractivity contribution in [3.05, 3.63) is 40.9 Å². The van der Waals surface area contributed by atoms with Crippen molar-refractivity contribution in [1.29, 1.82) is 0 Å². The maximum Gasteiger partial charge on any atom is 0.293 e. The third-order valence-electron chi connectivity index (χ3n) is 3.91. The number of morpholine rings is 1. The molecule has 6 nitrogen and oxygen atoms in total. The predicted octanol–water partition coefficient (Wildman–Crippen LogP) is 2.48. The molecule has 23 heavy (non-hydrogen) atoms. The van der Waals surface area contributed by atoms with E-state index in [9.17, 15) is 4.79 Å². The standard InChI is InChI=1S/C16H19ClN4O2/c1-10-9-23-11(2)8-20(10)16(22)15-18-12(3)21(19-15)14-7-5-4-6-13(14)17/h4-7,10-11H,8-9H2,1-3H3/t10-,11-/m1/s1. The Bertz CT molecular complexity index is 731. The van der Waals surface area contributed by atoms with Crippen LogP contribution in [0, 0.1) is 6.92 Å². The Kier molecular flexibility index (Phi) is 4.37. The smallest absolute Gasteiger partial charge is 0.293 e. The van der Waals surface area contributed by atoms with Crippen LogP contribution < -0.4 is 0 Å². The summed E-state index contributed by atoms with van der Waals surface area (Å²) in [5, 5.41) is 4.93. The van der Waals surface area contributed by atoms with E-state index in [1.165, 1.54) is 0 Å². The van der Waals surface area contributed by atoms with Gasteiger partial charge in [-0.25, -0.2) is 9.67 Å². The fourth-order valence-electron chi connectivity index (χ4n) is 2.65. The van der Waals surface area contributed by atoms with E-state index < -0.39 is 0 Å². The number of carbonyl (C=O) groups is 1. The molecule has 0 N–H and O–H groups in total. The summed E-state index contributed by atoms with van der Waals surface area (Å²) >= 11 is 6.21. The zero-order valence-electron chi connectivity index (χ0n) is 13.4. The van der Waals surface area contributed by atoms with Gasteiger partial charge in [0.15, 0.2) is 0 Å². The van der Waals surface area contributed by atoms with Crippen LogP contribution in [0.25, 0.3) is 5.69 Å². The number of ether oxygens (including phenoxy) is 1. The average Bonchev–Trinajstić information content (AvgIpc) is 2.91. The topological polar surface area (TPSA) is 60.3 Å². The first-order chi connectivity index (χ1) is 11.0. The normalized spacial score (nSPS) is 21.5. The first-order valence-corrected chi connectivity index (χ1v) is 7.96. The third kappa shape index (κ3) is 3.09. The number of aromatic nitrogens is 3. The molecule has 0 bridgehead atoms. The molecule has 0 saturated carbocycles. The monoisotopic (exact) mass is 334 g/mol. The van der Waals surface area contributed by atoms with Crippen LogP contribution in [0.1, 0.15) is 30.3 Å². The first-order valence-electron chi connectivity index (χ1n) is 7.58. The molecule has 0 unspecified atom stereocenters. The van der Waals surface area contributed by atoms with Gasteiger partial charge >= 0.3 is 0 Å². The van der Waals surface area contributed by atoms with E-state index in [2.05, 4.69) is 10.1 Å². The number of halogens is 1. The van der Waals surface area contributed by atoms with Crippen LogP contribution >= 0.6 is 11.6 Å². The minimum Gasteiger partial charge on any atom is -0.375 e. The van der Waals surface area contributed by atoms with Crippen molar-refractivity contribution in [2.75, 3.05) is 13.2 Å². The third-order valence-corrected chi connectivity index (χ3v) is 4.23. The fourth-order valence-corrected chi connectivity index (χ4v) is 2.86. The van der Waals surface area contributed by atoms with Gasteiger partial charge in [-0.15, -0.1) is 5.10 Å². The first kappa shape index (κ1) is 16.0. The van der Waals surface area contributed by atoms with Crippen molar-refractivity contribution >= 4 is 17.5 Å². The number of aryl methyl sites for hydroxylation is 1. The van der Waals surface area contributed by atoms with Gasteiger partial charge in [0.2, 0.25) is 5.82 Å². The number of nitrogens with zero attached hydrogens (tertiary/aromatic N) is 4. The molecular formula is C16H19ClN4O2. The molecule has 0 aliphatic carbocycles. The van der Waals surface area contributed by atoms with E-state index in [0.717, 1.165) is 0 Å². The van der Waals surface area contributed by atoms with Crippen molar-refractivity contribution in [3.63, 3.8) is 0 Å². The van der Waals surface area contributed by atoms with Crippen LogP contribution in [-0.4, -0.2) is 50.9 Å².